The van der Waals surface area contributed by atoms with Crippen LogP contribution in [0.5, 0.6) is 0 Å². The zero-order chi connectivity index (χ0) is 14.7. The van der Waals surface area contributed by atoms with Gasteiger partial charge in [-0.15, -0.1) is 14.3 Å². The molecule has 0 N–H and O–H groups in total. The van der Waals surface area contributed by atoms with Crippen molar-refractivity contribution in [1.82, 2.24) is 0 Å². The van der Waals surface area contributed by atoms with Crippen LogP contribution >= 0.6 is 14.3 Å². The maximum Gasteiger partial charge on any atom is 0.182 e. The number of fused-ring (bicyclic) bond motifs is 1. The predicted molar refractivity (Wildman–Crippen MR) is 96.7 cm³/mol. The molecule has 1 aliphatic rings. The number of benzene rings is 1. The molecule has 1 heterocycles. The highest BCUT2D eigenvalue weighted by atomic mass is 31.2. The lowest BCUT2D eigenvalue weighted by atomic mass is 10.2. The van der Waals surface area contributed by atoms with E-state index in [-0.39, 0.29) is 0 Å². The normalized spacial score (nSPS) is 31.4. The van der Waals surface area contributed by atoms with Gasteiger partial charge in [-0.05, 0) is 53.7 Å². The third-order valence-corrected chi connectivity index (χ3v) is 17.4. The molecule has 2 radical (unpaired) electrons. The van der Waals surface area contributed by atoms with Gasteiger partial charge in [-0.25, -0.2) is 0 Å². The molecule has 3 heteroatoms. The van der Waals surface area contributed by atoms with Crippen molar-refractivity contribution in [2.24, 2.45) is 0 Å². The topological polar surface area (TPSA) is 0 Å². The van der Waals surface area contributed by atoms with Crippen LogP contribution in [0.2, 0.25) is 0 Å². The van der Waals surface area contributed by atoms with Gasteiger partial charge in [-0.2, -0.15) is 0 Å². The molecule has 0 nitrogen and oxygen atoms in total. The molecule has 0 bridgehead atoms. The Hall–Kier alpha value is 0.145. The van der Waals surface area contributed by atoms with Crippen LogP contribution in [-0.4, -0.2) is 30.4 Å². The number of hydrogen-bond donors (Lipinski definition) is 0. The molecule has 0 aliphatic carbocycles. The molecule has 0 amide bonds. The van der Waals surface area contributed by atoms with E-state index in [1.54, 1.807) is 10.6 Å². The SMILES string of the molecule is CC(C)(C)[P+]1(C)[B-][P+](C)(C(C)(C)C)c2ccccc21. The lowest BCUT2D eigenvalue weighted by Gasteiger charge is -2.44. The van der Waals surface area contributed by atoms with Crippen LogP contribution in [0.3, 0.4) is 0 Å². The van der Waals surface area contributed by atoms with E-state index in [1.807, 2.05) is 0 Å². The summed E-state index contributed by atoms with van der Waals surface area (Å²) in [6.07, 6.45) is 0. The Bertz CT molecular complexity index is 453. The van der Waals surface area contributed by atoms with Gasteiger partial charge in [0.05, 0.1) is 10.6 Å². The summed E-state index contributed by atoms with van der Waals surface area (Å²) in [6.45, 7) is 22.5. The molecule has 0 saturated heterocycles. The summed E-state index contributed by atoms with van der Waals surface area (Å²) in [6, 6.07) is 9.27. The maximum absolute atomic E-state index is 2.84. The highest BCUT2D eigenvalue weighted by Crippen LogP contribution is 2.81. The van der Waals surface area contributed by atoms with Gasteiger partial charge in [0, 0.05) is 23.6 Å². The van der Waals surface area contributed by atoms with Crippen LogP contribution in [0.1, 0.15) is 41.5 Å². The molecule has 104 valence electrons. The van der Waals surface area contributed by atoms with E-state index >= 15 is 0 Å². The molecule has 2 unspecified atom stereocenters. The van der Waals surface area contributed by atoms with Crippen molar-refractivity contribution in [2.45, 2.75) is 51.9 Å². The summed E-state index contributed by atoms with van der Waals surface area (Å²) >= 11 is 0. The fourth-order valence-corrected chi connectivity index (χ4v) is 15.0. The summed E-state index contributed by atoms with van der Waals surface area (Å²) in [5, 5.41) is 4.08. The highest BCUT2D eigenvalue weighted by molar-refractivity contribution is 8.36. The second kappa shape index (κ2) is 4.32. The van der Waals surface area contributed by atoms with E-state index in [9.17, 15) is 0 Å². The third kappa shape index (κ3) is 2.13. The van der Waals surface area contributed by atoms with Gasteiger partial charge in [-0.1, -0.05) is 12.1 Å². The van der Waals surface area contributed by atoms with Crippen LogP contribution in [-0.2, 0) is 0 Å². The molecule has 2 atom stereocenters. The quantitative estimate of drug-likeness (QED) is 0.492. The van der Waals surface area contributed by atoms with Crippen molar-refractivity contribution < 1.29 is 0 Å². The number of rotatable bonds is 0. The summed E-state index contributed by atoms with van der Waals surface area (Å²) in [7, 11) is -2.37. The molecular weight excluding hydrogens is 265 g/mol. The first-order valence-corrected chi connectivity index (χ1v) is 11.7. The minimum atomic E-state index is -1.19. The van der Waals surface area contributed by atoms with Crippen LogP contribution in [0.15, 0.2) is 24.3 Å². The van der Waals surface area contributed by atoms with E-state index in [4.69, 9.17) is 0 Å². The first kappa shape index (κ1) is 15.5. The predicted octanol–water partition coefficient (Wildman–Crippen LogP) is 4.38. The molecule has 0 aromatic heterocycles. The van der Waals surface area contributed by atoms with Crippen LogP contribution in [0.4, 0.5) is 0 Å². The van der Waals surface area contributed by atoms with Gasteiger partial charge >= 0.3 is 0 Å². The Morgan fingerprint density at radius 3 is 1.32 bits per heavy atom. The second-order valence-electron chi connectivity index (χ2n) is 8.10. The Morgan fingerprint density at radius 2 is 1.05 bits per heavy atom. The minimum absolute atomic E-state index is 0.367. The van der Waals surface area contributed by atoms with E-state index < -0.39 is 14.3 Å². The summed E-state index contributed by atoms with van der Waals surface area (Å²) in [5.41, 5.74) is 0. The van der Waals surface area contributed by atoms with Gasteiger partial charge in [-0.3, -0.25) is 0 Å². The average molecular weight is 293 g/mol. The van der Waals surface area contributed by atoms with Gasteiger partial charge < -0.3 is 0 Å². The van der Waals surface area contributed by atoms with E-state index in [0.717, 1.165) is 0 Å². The fourth-order valence-electron chi connectivity index (χ4n) is 2.91. The van der Waals surface area contributed by atoms with Crippen LogP contribution < -0.4 is 10.6 Å². The van der Waals surface area contributed by atoms with Crippen LogP contribution in [0, 0.1) is 0 Å². The van der Waals surface area contributed by atoms with Crippen molar-refractivity contribution in [1.29, 1.82) is 0 Å². The standard InChI is InChI=1S/C16H28BP2/c1-15(2,3)18(7)13-11-9-10-12-14(13)19(8,17-18)16(4,5)6/h9-12H,1-8H3/q+1. The Morgan fingerprint density at radius 1 is 0.737 bits per heavy atom. The summed E-state index contributed by atoms with van der Waals surface area (Å²) in [4.78, 5) is 0. The average Bonchev–Trinajstić information content (AvgIpc) is 2.50. The van der Waals surface area contributed by atoms with E-state index in [2.05, 4.69) is 85.9 Å². The smallest absolute Gasteiger partial charge is 0.121 e. The van der Waals surface area contributed by atoms with Crippen molar-refractivity contribution in [3.05, 3.63) is 24.3 Å². The Balaban J connectivity index is 2.71. The maximum atomic E-state index is 2.84. The Labute approximate surface area is 121 Å². The van der Waals surface area contributed by atoms with Gasteiger partial charge in [0.1, 0.15) is 0 Å². The molecule has 0 saturated carbocycles. The Kier molecular flexibility index (Phi) is 3.53. The number of hydrogen-bond acceptors (Lipinski definition) is 0. The molecular formula is C16H28BP2+. The van der Waals surface area contributed by atoms with E-state index in [1.165, 1.54) is 0 Å². The monoisotopic (exact) mass is 293 g/mol. The van der Waals surface area contributed by atoms with Gasteiger partial charge in [0.2, 0.25) is 0 Å². The third-order valence-electron chi connectivity index (χ3n) is 5.13. The largest absolute Gasteiger partial charge is 0.182 e. The molecule has 1 aliphatic heterocycles. The molecule has 19 heavy (non-hydrogen) atoms. The fraction of sp³-hybridized carbons (Fsp3) is 0.625. The lowest BCUT2D eigenvalue weighted by molar-refractivity contribution is 0.786. The zero-order valence-electron chi connectivity index (χ0n) is 13.8. The molecule has 1 aromatic rings. The zero-order valence-corrected chi connectivity index (χ0v) is 15.6. The van der Waals surface area contributed by atoms with Crippen LogP contribution in [0.25, 0.3) is 0 Å². The van der Waals surface area contributed by atoms with Gasteiger partial charge in [0.15, 0.2) is 6.72 Å². The first-order chi connectivity index (χ1) is 8.43. The molecule has 1 aromatic carbocycles. The van der Waals surface area contributed by atoms with Crippen molar-refractivity contribution in [3.8, 4) is 0 Å². The van der Waals surface area contributed by atoms with Crippen molar-refractivity contribution in [3.63, 3.8) is 0 Å². The molecule has 0 spiro atoms. The van der Waals surface area contributed by atoms with Gasteiger partial charge in [0.25, 0.3) is 0 Å². The lowest BCUT2D eigenvalue weighted by Crippen LogP contribution is -2.31. The molecule has 0 fully saturated rings. The van der Waals surface area contributed by atoms with E-state index in [0.29, 0.717) is 10.3 Å². The first-order valence-electron chi connectivity index (χ1n) is 7.13. The molecule has 2 rings (SSSR count). The highest BCUT2D eigenvalue weighted by Gasteiger charge is 2.58. The second-order valence-corrected chi connectivity index (χ2v) is 17.0. The summed E-state index contributed by atoms with van der Waals surface area (Å²) < 4.78 is 0. The minimum Gasteiger partial charge on any atom is -0.121 e. The summed E-state index contributed by atoms with van der Waals surface area (Å²) in [5.74, 6) is 0. The van der Waals surface area contributed by atoms with Crippen molar-refractivity contribution in [2.75, 3.05) is 13.3 Å². The van der Waals surface area contributed by atoms with Crippen molar-refractivity contribution >= 4 is 31.6 Å².